The summed E-state index contributed by atoms with van der Waals surface area (Å²) in [5.74, 6) is -1.57. The third kappa shape index (κ3) is 4.28. The van der Waals surface area contributed by atoms with E-state index in [0.29, 0.717) is 17.9 Å². The van der Waals surface area contributed by atoms with Crippen molar-refractivity contribution in [3.63, 3.8) is 0 Å². The van der Waals surface area contributed by atoms with E-state index in [1.54, 1.807) is 18.5 Å². The van der Waals surface area contributed by atoms with Crippen LogP contribution in [0.25, 0.3) is 11.3 Å². The molecule has 0 amide bonds. The monoisotopic (exact) mass is 472 g/mol. The number of benzene rings is 2. The van der Waals surface area contributed by atoms with E-state index in [9.17, 15) is 17.6 Å². The van der Waals surface area contributed by atoms with Crippen molar-refractivity contribution in [2.45, 2.75) is 37.8 Å². The van der Waals surface area contributed by atoms with Crippen LogP contribution in [0.4, 0.5) is 4.39 Å². The molecule has 1 aliphatic rings. The number of aromatic nitrogens is 3. The molecule has 3 aromatic rings. The fourth-order valence-corrected chi connectivity index (χ4v) is 6.07. The fourth-order valence-electron chi connectivity index (χ4n) is 4.19. The summed E-state index contributed by atoms with van der Waals surface area (Å²) < 4.78 is 49.6. The van der Waals surface area contributed by atoms with Crippen LogP contribution in [0.1, 0.15) is 25.1 Å². The number of carbonyl (C=O) groups excluding carboxylic acids is 1. The Hall–Kier alpha value is -3.11. The Kier molecular flexibility index (Phi) is 6.31. The smallest absolute Gasteiger partial charge is 0.324 e. The summed E-state index contributed by atoms with van der Waals surface area (Å²) in [6.45, 7) is 3.86. The molecule has 0 fully saturated rings. The maximum Gasteiger partial charge on any atom is 0.324 e. The number of rotatable bonds is 5. The molecule has 0 aliphatic carbocycles. The van der Waals surface area contributed by atoms with Crippen molar-refractivity contribution in [2.24, 2.45) is 5.92 Å². The first-order valence-corrected chi connectivity index (χ1v) is 12.0. The number of sulfonamides is 1. The van der Waals surface area contributed by atoms with Crippen LogP contribution in [0.2, 0.25) is 0 Å². The number of ether oxygens (including phenoxy) is 1. The second-order valence-electron chi connectivity index (χ2n) is 8.25. The quantitative estimate of drug-likeness (QED) is 0.530. The van der Waals surface area contributed by atoms with E-state index < -0.39 is 27.9 Å². The molecule has 0 spiro atoms. The van der Waals surface area contributed by atoms with Crippen LogP contribution in [0, 0.1) is 11.7 Å². The Morgan fingerprint density at radius 1 is 1.18 bits per heavy atom. The van der Waals surface area contributed by atoms with Gasteiger partial charge in [-0.2, -0.15) is 4.31 Å². The third-order valence-electron chi connectivity index (χ3n) is 5.72. The zero-order valence-electron chi connectivity index (χ0n) is 18.6. The van der Waals surface area contributed by atoms with E-state index in [0.717, 1.165) is 15.9 Å². The summed E-state index contributed by atoms with van der Waals surface area (Å²) in [5, 5.41) is 8.54. The molecule has 174 valence electrons. The van der Waals surface area contributed by atoms with Crippen LogP contribution >= 0.6 is 0 Å². The molecule has 4 rings (SSSR count). The van der Waals surface area contributed by atoms with Crippen molar-refractivity contribution in [1.82, 2.24) is 19.3 Å². The van der Waals surface area contributed by atoms with E-state index in [2.05, 4.69) is 10.3 Å². The largest absolute Gasteiger partial charge is 0.468 e. The van der Waals surface area contributed by atoms with Crippen molar-refractivity contribution < 1.29 is 22.3 Å². The fraction of sp³-hybridized carbons (Fsp3) is 0.348. The second kappa shape index (κ2) is 9.03. The van der Waals surface area contributed by atoms with Crippen LogP contribution in [0.3, 0.4) is 0 Å². The molecular weight excluding hydrogens is 447 g/mol. The number of hydrogen-bond acceptors (Lipinski definition) is 6. The van der Waals surface area contributed by atoms with Crippen LogP contribution in [-0.2, 0) is 32.5 Å². The van der Waals surface area contributed by atoms with Crippen LogP contribution in [0.15, 0.2) is 53.4 Å². The van der Waals surface area contributed by atoms with Crippen molar-refractivity contribution in [1.29, 1.82) is 0 Å². The Bertz CT molecular complexity index is 1270. The minimum absolute atomic E-state index is 0.00806. The molecule has 0 bridgehead atoms. The van der Waals surface area contributed by atoms with Crippen molar-refractivity contribution in [3.8, 4) is 11.3 Å². The van der Waals surface area contributed by atoms with Gasteiger partial charge >= 0.3 is 5.97 Å². The van der Waals surface area contributed by atoms with Gasteiger partial charge in [-0.3, -0.25) is 4.79 Å². The number of nitrogens with zero attached hydrogens (tertiary/aromatic N) is 4. The maximum atomic E-state index is 14.4. The van der Waals surface area contributed by atoms with E-state index in [4.69, 9.17) is 4.74 Å². The van der Waals surface area contributed by atoms with E-state index in [1.165, 1.54) is 19.2 Å². The molecule has 0 unspecified atom stereocenters. The van der Waals surface area contributed by atoms with Gasteiger partial charge in [-0.1, -0.05) is 49.4 Å². The van der Waals surface area contributed by atoms with Crippen molar-refractivity contribution in [3.05, 3.63) is 65.6 Å². The number of methoxy groups -OCH3 is 1. The van der Waals surface area contributed by atoms with Crippen LogP contribution in [0.5, 0.6) is 0 Å². The van der Waals surface area contributed by atoms with Crippen molar-refractivity contribution in [2.75, 3.05) is 13.7 Å². The molecule has 2 heterocycles. The number of esters is 1. The summed E-state index contributed by atoms with van der Waals surface area (Å²) in [6.07, 6.45) is 0.208. The zero-order valence-corrected chi connectivity index (χ0v) is 19.4. The number of fused-ring (bicyclic) bond motifs is 3. The SMILES string of the molecule is COC(=O)[C@H](C(C)C)N1CCc2nnn(Cc3ccccc3)c2-c2cc(F)ccc2S1(=O)=O. The molecule has 33 heavy (non-hydrogen) atoms. The molecule has 0 radical (unpaired) electrons. The Labute approximate surface area is 192 Å². The van der Waals surface area contributed by atoms with E-state index >= 15 is 0 Å². The lowest BCUT2D eigenvalue weighted by atomic mass is 10.0. The highest BCUT2D eigenvalue weighted by Gasteiger charge is 2.41. The molecule has 8 nitrogen and oxygen atoms in total. The van der Waals surface area contributed by atoms with Crippen LogP contribution in [-0.4, -0.2) is 53.4 Å². The summed E-state index contributed by atoms with van der Waals surface area (Å²) in [5.41, 5.74) is 2.10. The lowest BCUT2D eigenvalue weighted by Crippen LogP contribution is -2.49. The first-order valence-electron chi connectivity index (χ1n) is 10.6. The highest BCUT2D eigenvalue weighted by Crippen LogP contribution is 2.36. The summed E-state index contributed by atoms with van der Waals surface area (Å²) in [4.78, 5) is 12.4. The Balaban J connectivity index is 1.90. The minimum Gasteiger partial charge on any atom is -0.468 e. The van der Waals surface area contributed by atoms with Gasteiger partial charge in [0.05, 0.1) is 29.9 Å². The normalized spacial score (nSPS) is 16.4. The van der Waals surface area contributed by atoms with Gasteiger partial charge in [-0.15, -0.1) is 5.10 Å². The first kappa shape index (κ1) is 23.1. The molecule has 1 aromatic heterocycles. The maximum absolute atomic E-state index is 14.4. The predicted molar refractivity (Wildman–Crippen MR) is 119 cm³/mol. The highest BCUT2D eigenvalue weighted by molar-refractivity contribution is 7.89. The minimum atomic E-state index is -4.17. The number of carbonyl (C=O) groups is 1. The molecule has 0 saturated carbocycles. The molecule has 10 heteroatoms. The van der Waals surface area contributed by atoms with Gasteiger partial charge in [0.2, 0.25) is 10.0 Å². The van der Waals surface area contributed by atoms with Gasteiger partial charge < -0.3 is 4.74 Å². The topological polar surface area (TPSA) is 94.4 Å². The third-order valence-corrected chi connectivity index (χ3v) is 7.66. The first-order chi connectivity index (χ1) is 15.7. The van der Waals surface area contributed by atoms with Crippen LogP contribution < -0.4 is 0 Å². The summed E-state index contributed by atoms with van der Waals surface area (Å²) in [7, 11) is -2.94. The molecular formula is C23H25FN4O4S. The summed E-state index contributed by atoms with van der Waals surface area (Å²) in [6, 6.07) is 12.0. The van der Waals surface area contributed by atoms with E-state index in [-0.39, 0.29) is 29.3 Å². The zero-order chi connectivity index (χ0) is 23.8. The summed E-state index contributed by atoms with van der Waals surface area (Å²) >= 11 is 0. The Morgan fingerprint density at radius 2 is 1.91 bits per heavy atom. The number of halogens is 1. The van der Waals surface area contributed by atoms with Gasteiger partial charge in [0, 0.05) is 18.5 Å². The average Bonchev–Trinajstić information content (AvgIpc) is 3.17. The number of hydrogen-bond donors (Lipinski definition) is 0. The molecule has 1 atom stereocenters. The average molecular weight is 473 g/mol. The highest BCUT2D eigenvalue weighted by atomic mass is 32.2. The molecule has 0 saturated heterocycles. The lowest BCUT2D eigenvalue weighted by Gasteiger charge is -2.33. The predicted octanol–water partition coefficient (Wildman–Crippen LogP) is 2.88. The van der Waals surface area contributed by atoms with Gasteiger partial charge in [0.25, 0.3) is 0 Å². The lowest BCUT2D eigenvalue weighted by molar-refractivity contribution is -0.146. The second-order valence-corrected chi connectivity index (χ2v) is 10.1. The molecule has 1 aliphatic heterocycles. The van der Waals surface area contributed by atoms with Crippen molar-refractivity contribution >= 4 is 16.0 Å². The van der Waals surface area contributed by atoms with Gasteiger partial charge in [-0.25, -0.2) is 17.5 Å². The van der Waals surface area contributed by atoms with Gasteiger partial charge in [0.1, 0.15) is 11.9 Å². The molecule has 2 aromatic carbocycles. The van der Waals surface area contributed by atoms with E-state index in [1.807, 2.05) is 30.3 Å². The van der Waals surface area contributed by atoms with Gasteiger partial charge in [0.15, 0.2) is 0 Å². The molecule has 0 N–H and O–H groups in total. The van der Waals surface area contributed by atoms with Gasteiger partial charge in [-0.05, 0) is 29.7 Å². The Morgan fingerprint density at radius 3 is 2.58 bits per heavy atom. The standard InChI is InChI=1S/C23H25FN4O4S/c1-15(2)21(23(29)32-3)28-12-11-19-22(18-13-17(24)9-10-20(18)33(28,30)31)27(26-25-19)14-16-7-5-4-6-8-16/h4-10,13,15,21H,11-12,14H2,1-3H3/t21-/m0/s1.